The van der Waals surface area contributed by atoms with E-state index in [2.05, 4.69) is 30.7 Å². The average molecular weight is 616 g/mol. The van der Waals surface area contributed by atoms with Crippen LogP contribution in [0.25, 0.3) is 11.6 Å². The van der Waals surface area contributed by atoms with Crippen LogP contribution in [-0.4, -0.2) is 53.5 Å². The van der Waals surface area contributed by atoms with Gasteiger partial charge in [-0.1, -0.05) is 27.2 Å². The molecule has 2 heterocycles. The first-order chi connectivity index (χ1) is 20.5. The summed E-state index contributed by atoms with van der Waals surface area (Å²) in [7, 11) is -4.15. The van der Waals surface area contributed by atoms with Gasteiger partial charge in [-0.25, -0.2) is 27.9 Å². The van der Waals surface area contributed by atoms with E-state index in [0.29, 0.717) is 35.8 Å². The fourth-order valence-corrected chi connectivity index (χ4v) is 10.9. The molecule has 0 bridgehead atoms. The smallest absolute Gasteiger partial charge is 0.421 e. The first-order valence-corrected chi connectivity index (χ1v) is 17.4. The standard InChI is InChI=1S/C32H45N3O7S/c1-4-22-25-17-20(36)9-12-32(25,3)24-10-13-31(2)19(5-7-23(31)27(24)28(22)37)11-15-42-30(38)35-43(39,40)21-6-8-26(34-18-21)29-33-14-16-41-29/h6,8,14,16,18-20,22-25,27-28,36-37H,4-5,7,9-13,15,17H2,1-3H3,(H,35,38)/t19-,20-,22-,23+,24+,25+,27+,28-,31-,32-/m1/s1. The molecule has 6 rings (SSSR count). The van der Waals surface area contributed by atoms with Gasteiger partial charge >= 0.3 is 6.09 Å². The molecule has 4 aliphatic rings. The zero-order valence-electron chi connectivity index (χ0n) is 25.3. The van der Waals surface area contributed by atoms with E-state index in [9.17, 15) is 23.4 Å². The highest BCUT2D eigenvalue weighted by Crippen LogP contribution is 2.69. The largest absolute Gasteiger partial charge is 0.449 e. The van der Waals surface area contributed by atoms with Crippen molar-refractivity contribution in [1.29, 1.82) is 0 Å². The summed E-state index contributed by atoms with van der Waals surface area (Å²) in [5, 5.41) is 22.3. The molecule has 0 saturated heterocycles. The van der Waals surface area contributed by atoms with Crippen molar-refractivity contribution >= 4 is 16.1 Å². The summed E-state index contributed by atoms with van der Waals surface area (Å²) in [5.41, 5.74) is 0.572. The second-order valence-corrected chi connectivity index (χ2v) is 15.6. The van der Waals surface area contributed by atoms with E-state index in [4.69, 9.17) is 9.15 Å². The van der Waals surface area contributed by atoms with Crippen molar-refractivity contribution in [3.63, 3.8) is 0 Å². The van der Waals surface area contributed by atoms with Gasteiger partial charge in [0.15, 0.2) is 0 Å². The maximum absolute atomic E-state index is 12.7. The van der Waals surface area contributed by atoms with Gasteiger partial charge in [-0.05, 0) is 110 Å². The highest BCUT2D eigenvalue weighted by Gasteiger charge is 2.64. The van der Waals surface area contributed by atoms with E-state index in [1.54, 1.807) is 0 Å². The Balaban J connectivity index is 1.07. The van der Waals surface area contributed by atoms with Gasteiger partial charge in [0.25, 0.3) is 10.0 Å². The van der Waals surface area contributed by atoms with Crippen LogP contribution in [0.1, 0.15) is 78.6 Å². The summed E-state index contributed by atoms with van der Waals surface area (Å²) in [4.78, 5) is 20.4. The number of amides is 1. The summed E-state index contributed by atoms with van der Waals surface area (Å²) in [5.74, 6) is 2.30. The lowest BCUT2D eigenvalue weighted by atomic mass is 9.41. The Hall–Kier alpha value is -2.50. The number of carbonyl (C=O) groups is 1. The molecule has 2 aromatic rings. The van der Waals surface area contributed by atoms with Crippen molar-refractivity contribution in [2.45, 2.75) is 95.7 Å². The Morgan fingerprint density at radius 1 is 1.07 bits per heavy atom. The Labute approximate surface area is 254 Å². The Morgan fingerprint density at radius 2 is 1.84 bits per heavy atom. The quantitative estimate of drug-likeness (QED) is 0.383. The predicted molar refractivity (Wildman–Crippen MR) is 158 cm³/mol. The van der Waals surface area contributed by atoms with Gasteiger partial charge in [0.05, 0.1) is 25.0 Å². The molecule has 10 nitrogen and oxygen atoms in total. The van der Waals surface area contributed by atoms with Gasteiger partial charge < -0.3 is 19.4 Å². The fraction of sp³-hybridized carbons (Fsp3) is 0.719. The number of sulfonamides is 1. The van der Waals surface area contributed by atoms with Crippen LogP contribution in [0.3, 0.4) is 0 Å². The number of nitrogens with one attached hydrogen (secondary N) is 1. The molecule has 0 aliphatic heterocycles. The SMILES string of the molecule is CC[C@H]1[C@@H](O)[C@@H]2[C@H](CC[C@]3(C)[C@@H](CCOC(=O)NS(=O)(=O)c4ccc(-c5ncco5)nc4)CC[C@@H]23)[C@@]2(C)CC[C@@H](O)C[C@@H]12. The maximum Gasteiger partial charge on any atom is 0.421 e. The maximum atomic E-state index is 12.7. The third kappa shape index (κ3) is 5.29. The zero-order valence-corrected chi connectivity index (χ0v) is 26.1. The molecule has 236 valence electrons. The monoisotopic (exact) mass is 615 g/mol. The van der Waals surface area contributed by atoms with Crippen LogP contribution in [0.5, 0.6) is 0 Å². The topological polar surface area (TPSA) is 152 Å². The lowest BCUT2D eigenvalue weighted by molar-refractivity contribution is -0.202. The fourth-order valence-electron chi connectivity index (χ4n) is 10.0. The number of aliphatic hydroxyl groups is 2. The molecule has 43 heavy (non-hydrogen) atoms. The Bertz CT molecular complexity index is 1400. The van der Waals surface area contributed by atoms with Crippen molar-refractivity contribution in [3.8, 4) is 11.6 Å². The first-order valence-electron chi connectivity index (χ1n) is 15.9. The highest BCUT2D eigenvalue weighted by atomic mass is 32.2. The molecule has 10 atom stereocenters. The van der Waals surface area contributed by atoms with Crippen molar-refractivity contribution in [3.05, 3.63) is 30.8 Å². The van der Waals surface area contributed by atoms with E-state index in [1.165, 1.54) is 24.6 Å². The van der Waals surface area contributed by atoms with Gasteiger partial charge in [0, 0.05) is 6.20 Å². The van der Waals surface area contributed by atoms with Crippen molar-refractivity contribution < 1.29 is 32.6 Å². The van der Waals surface area contributed by atoms with Crippen LogP contribution in [0.15, 0.2) is 40.1 Å². The van der Waals surface area contributed by atoms with E-state index in [1.807, 2.05) is 4.72 Å². The lowest BCUT2D eigenvalue weighted by Crippen LogP contribution is -2.62. The molecular formula is C32H45N3O7S. The Morgan fingerprint density at radius 3 is 2.53 bits per heavy atom. The third-order valence-corrected chi connectivity index (χ3v) is 13.5. The molecular weight excluding hydrogens is 570 g/mol. The van der Waals surface area contributed by atoms with Crippen LogP contribution in [0.4, 0.5) is 4.79 Å². The number of hydrogen-bond acceptors (Lipinski definition) is 9. The van der Waals surface area contributed by atoms with Crippen molar-refractivity contribution in [2.24, 2.45) is 46.3 Å². The van der Waals surface area contributed by atoms with Crippen LogP contribution in [-0.2, 0) is 14.8 Å². The number of oxazole rings is 1. The number of pyridine rings is 1. The number of carbonyl (C=O) groups excluding carboxylic acids is 1. The van der Waals surface area contributed by atoms with E-state index in [-0.39, 0.29) is 52.3 Å². The van der Waals surface area contributed by atoms with Crippen LogP contribution >= 0.6 is 0 Å². The summed E-state index contributed by atoms with van der Waals surface area (Å²) >= 11 is 0. The predicted octanol–water partition coefficient (Wildman–Crippen LogP) is 5.17. The number of aliphatic hydroxyl groups excluding tert-OH is 2. The van der Waals surface area contributed by atoms with Gasteiger partial charge in [0.1, 0.15) is 16.9 Å². The number of hydrogen-bond donors (Lipinski definition) is 3. The third-order valence-electron chi connectivity index (χ3n) is 12.2. The summed E-state index contributed by atoms with van der Waals surface area (Å²) in [6.45, 7) is 7.10. The number of nitrogens with zero attached hydrogens (tertiary/aromatic N) is 2. The molecule has 4 saturated carbocycles. The molecule has 0 radical (unpaired) electrons. The first kappa shape index (κ1) is 30.5. The van der Waals surface area contributed by atoms with Gasteiger partial charge in [0.2, 0.25) is 5.89 Å². The minimum atomic E-state index is -4.15. The lowest BCUT2D eigenvalue weighted by Gasteiger charge is -2.64. The summed E-state index contributed by atoms with van der Waals surface area (Å²) in [6, 6.07) is 2.79. The second-order valence-electron chi connectivity index (χ2n) is 14.0. The molecule has 2 aromatic heterocycles. The normalized spacial score (nSPS) is 38.9. The molecule has 4 aliphatic carbocycles. The number of fused-ring (bicyclic) bond motifs is 5. The minimum Gasteiger partial charge on any atom is -0.449 e. The average Bonchev–Trinajstić information content (AvgIpc) is 3.63. The second kappa shape index (κ2) is 11.5. The van der Waals surface area contributed by atoms with E-state index < -0.39 is 16.1 Å². The molecule has 11 heteroatoms. The molecule has 4 fully saturated rings. The molecule has 1 amide bonds. The van der Waals surface area contributed by atoms with Crippen LogP contribution in [0, 0.1) is 46.3 Å². The van der Waals surface area contributed by atoms with Crippen molar-refractivity contribution in [2.75, 3.05) is 6.61 Å². The van der Waals surface area contributed by atoms with Gasteiger partial charge in [-0.15, -0.1) is 0 Å². The number of aromatic nitrogens is 2. The van der Waals surface area contributed by atoms with E-state index >= 15 is 0 Å². The molecule has 3 N–H and O–H groups in total. The van der Waals surface area contributed by atoms with Crippen LogP contribution in [0.2, 0.25) is 0 Å². The highest BCUT2D eigenvalue weighted by molar-refractivity contribution is 7.90. The van der Waals surface area contributed by atoms with Gasteiger partial charge in [-0.2, -0.15) is 0 Å². The molecule has 0 aromatic carbocycles. The zero-order chi connectivity index (χ0) is 30.6. The van der Waals surface area contributed by atoms with E-state index in [0.717, 1.165) is 57.6 Å². The summed E-state index contributed by atoms with van der Waals surface area (Å²) < 4.78 is 38.0. The number of ether oxygens (including phenoxy) is 1. The molecule has 0 unspecified atom stereocenters. The van der Waals surface area contributed by atoms with Crippen LogP contribution < -0.4 is 4.72 Å². The minimum absolute atomic E-state index is 0.0417. The molecule has 0 spiro atoms. The van der Waals surface area contributed by atoms with Crippen molar-refractivity contribution in [1.82, 2.24) is 14.7 Å². The Kier molecular flexibility index (Phi) is 8.13. The van der Waals surface area contributed by atoms with Gasteiger partial charge in [-0.3, -0.25) is 0 Å². The number of rotatable bonds is 7. The summed E-state index contributed by atoms with van der Waals surface area (Å²) in [6.07, 6.45) is 10.9.